The second-order valence-electron chi connectivity index (χ2n) is 3.68. The van der Waals surface area contributed by atoms with Crippen molar-refractivity contribution >= 4 is 11.6 Å². The van der Waals surface area contributed by atoms with Crippen molar-refractivity contribution in [3.8, 4) is 0 Å². The largest absolute Gasteiger partial charge is 0.0843 e. The molecule has 0 heterocycles. The van der Waals surface area contributed by atoms with Crippen LogP contribution in [0.5, 0.6) is 0 Å². The van der Waals surface area contributed by atoms with E-state index in [0.29, 0.717) is 0 Å². The van der Waals surface area contributed by atoms with E-state index in [2.05, 4.69) is 26.0 Å². The van der Waals surface area contributed by atoms with Gasteiger partial charge in [-0.25, -0.2) is 0 Å². The highest BCUT2D eigenvalue weighted by molar-refractivity contribution is 6.30. The van der Waals surface area contributed by atoms with Crippen LogP contribution in [0.2, 0.25) is 5.02 Å². The van der Waals surface area contributed by atoms with Crippen molar-refractivity contribution in [3.63, 3.8) is 0 Å². The standard InChI is InChI=1S/C12H17Cl/c1-3-10(2)4-5-11-6-8-12(13)9-7-11/h6-10H,3-5H2,1-2H3. The monoisotopic (exact) mass is 196 g/mol. The van der Waals surface area contributed by atoms with E-state index in [9.17, 15) is 0 Å². The van der Waals surface area contributed by atoms with Gasteiger partial charge in [-0.1, -0.05) is 44.0 Å². The molecule has 13 heavy (non-hydrogen) atoms. The van der Waals surface area contributed by atoms with Gasteiger partial charge in [-0.2, -0.15) is 0 Å². The summed E-state index contributed by atoms with van der Waals surface area (Å²) < 4.78 is 0. The van der Waals surface area contributed by atoms with Crippen LogP contribution in [-0.4, -0.2) is 0 Å². The Bertz CT molecular complexity index is 238. The van der Waals surface area contributed by atoms with Gasteiger partial charge in [0.1, 0.15) is 0 Å². The minimum Gasteiger partial charge on any atom is -0.0843 e. The average Bonchev–Trinajstić information content (AvgIpc) is 2.16. The number of hydrogen-bond donors (Lipinski definition) is 0. The van der Waals surface area contributed by atoms with Crippen LogP contribution in [0.3, 0.4) is 0 Å². The molecule has 1 rings (SSSR count). The summed E-state index contributed by atoms with van der Waals surface area (Å²) in [7, 11) is 0. The first-order chi connectivity index (χ1) is 6.22. The number of rotatable bonds is 4. The van der Waals surface area contributed by atoms with Crippen molar-refractivity contribution in [2.45, 2.75) is 33.1 Å². The first-order valence-electron chi connectivity index (χ1n) is 4.96. The lowest BCUT2D eigenvalue weighted by molar-refractivity contribution is 0.516. The van der Waals surface area contributed by atoms with E-state index in [4.69, 9.17) is 11.6 Å². The molecule has 0 fully saturated rings. The maximum atomic E-state index is 5.80. The van der Waals surface area contributed by atoms with Gasteiger partial charge >= 0.3 is 0 Å². The van der Waals surface area contributed by atoms with Gasteiger partial charge in [0.25, 0.3) is 0 Å². The molecule has 1 aromatic rings. The molecule has 0 bridgehead atoms. The highest BCUT2D eigenvalue weighted by atomic mass is 35.5. The molecule has 0 aromatic heterocycles. The quantitative estimate of drug-likeness (QED) is 0.673. The van der Waals surface area contributed by atoms with E-state index < -0.39 is 0 Å². The molecule has 0 amide bonds. The lowest BCUT2D eigenvalue weighted by Crippen LogP contribution is -1.94. The summed E-state index contributed by atoms with van der Waals surface area (Å²) >= 11 is 5.80. The molecule has 1 aromatic carbocycles. The third-order valence-corrected chi connectivity index (χ3v) is 2.79. The van der Waals surface area contributed by atoms with Crippen LogP contribution < -0.4 is 0 Å². The third-order valence-electron chi connectivity index (χ3n) is 2.54. The van der Waals surface area contributed by atoms with Crippen molar-refractivity contribution in [1.29, 1.82) is 0 Å². The summed E-state index contributed by atoms with van der Waals surface area (Å²) in [5.74, 6) is 0.829. The SMILES string of the molecule is CCC(C)CCc1ccc(Cl)cc1. The van der Waals surface area contributed by atoms with Crippen molar-refractivity contribution in [2.75, 3.05) is 0 Å². The van der Waals surface area contributed by atoms with E-state index in [-0.39, 0.29) is 0 Å². The summed E-state index contributed by atoms with van der Waals surface area (Å²) in [5, 5.41) is 0.826. The van der Waals surface area contributed by atoms with Gasteiger partial charge in [-0.3, -0.25) is 0 Å². The summed E-state index contributed by atoms with van der Waals surface area (Å²) in [6.07, 6.45) is 3.72. The van der Waals surface area contributed by atoms with Gasteiger partial charge in [0.2, 0.25) is 0 Å². The highest BCUT2D eigenvalue weighted by Gasteiger charge is 1.99. The number of hydrogen-bond acceptors (Lipinski definition) is 0. The molecule has 0 nitrogen and oxygen atoms in total. The Morgan fingerprint density at radius 3 is 2.38 bits per heavy atom. The molecule has 1 atom stereocenters. The Hall–Kier alpha value is -0.490. The molecule has 0 aliphatic rings. The Labute approximate surface area is 85.9 Å². The van der Waals surface area contributed by atoms with Gasteiger partial charge in [-0.05, 0) is 36.5 Å². The Morgan fingerprint density at radius 1 is 1.23 bits per heavy atom. The molecule has 0 spiro atoms. The summed E-state index contributed by atoms with van der Waals surface area (Å²) in [6.45, 7) is 4.54. The third kappa shape index (κ3) is 3.82. The second kappa shape index (κ2) is 5.29. The predicted octanol–water partition coefficient (Wildman–Crippen LogP) is 4.32. The van der Waals surface area contributed by atoms with Crippen molar-refractivity contribution in [2.24, 2.45) is 5.92 Å². The molecule has 0 aliphatic heterocycles. The van der Waals surface area contributed by atoms with E-state index in [0.717, 1.165) is 10.9 Å². The summed E-state index contributed by atoms with van der Waals surface area (Å²) in [6, 6.07) is 8.16. The van der Waals surface area contributed by atoms with E-state index in [1.807, 2.05) is 12.1 Å². The van der Waals surface area contributed by atoms with Gasteiger partial charge < -0.3 is 0 Å². The van der Waals surface area contributed by atoms with E-state index >= 15 is 0 Å². The van der Waals surface area contributed by atoms with E-state index in [1.165, 1.54) is 24.8 Å². The molecule has 0 N–H and O–H groups in total. The fourth-order valence-corrected chi connectivity index (χ4v) is 1.39. The molecule has 0 saturated heterocycles. The van der Waals surface area contributed by atoms with Crippen LogP contribution in [0.1, 0.15) is 32.3 Å². The van der Waals surface area contributed by atoms with Gasteiger partial charge in [0.05, 0.1) is 0 Å². The zero-order valence-corrected chi connectivity index (χ0v) is 9.14. The van der Waals surface area contributed by atoms with Crippen LogP contribution in [-0.2, 0) is 6.42 Å². The lowest BCUT2D eigenvalue weighted by Gasteiger charge is -2.07. The zero-order valence-electron chi connectivity index (χ0n) is 8.39. The average molecular weight is 197 g/mol. The Morgan fingerprint density at radius 2 is 1.85 bits per heavy atom. The highest BCUT2D eigenvalue weighted by Crippen LogP contribution is 2.14. The van der Waals surface area contributed by atoms with Crippen LogP contribution >= 0.6 is 11.6 Å². The Balaban J connectivity index is 2.41. The summed E-state index contributed by atoms with van der Waals surface area (Å²) in [4.78, 5) is 0. The van der Waals surface area contributed by atoms with Crippen molar-refractivity contribution < 1.29 is 0 Å². The molecule has 0 aliphatic carbocycles. The fourth-order valence-electron chi connectivity index (χ4n) is 1.27. The maximum absolute atomic E-state index is 5.80. The molecular weight excluding hydrogens is 180 g/mol. The molecule has 1 heteroatoms. The first-order valence-corrected chi connectivity index (χ1v) is 5.34. The predicted molar refractivity (Wildman–Crippen MR) is 59.2 cm³/mol. The Kier molecular flexibility index (Phi) is 4.31. The van der Waals surface area contributed by atoms with Crippen LogP contribution in [0.4, 0.5) is 0 Å². The lowest BCUT2D eigenvalue weighted by atomic mass is 9.99. The van der Waals surface area contributed by atoms with E-state index in [1.54, 1.807) is 0 Å². The molecule has 0 saturated carbocycles. The van der Waals surface area contributed by atoms with Crippen LogP contribution in [0.25, 0.3) is 0 Å². The molecular formula is C12H17Cl. The molecule has 1 unspecified atom stereocenters. The summed E-state index contributed by atoms with van der Waals surface area (Å²) in [5.41, 5.74) is 1.39. The minimum absolute atomic E-state index is 0.826. The van der Waals surface area contributed by atoms with Crippen molar-refractivity contribution in [3.05, 3.63) is 34.9 Å². The maximum Gasteiger partial charge on any atom is 0.0406 e. The normalized spacial score (nSPS) is 12.8. The van der Waals surface area contributed by atoms with Gasteiger partial charge in [0.15, 0.2) is 0 Å². The van der Waals surface area contributed by atoms with Crippen LogP contribution in [0.15, 0.2) is 24.3 Å². The second-order valence-corrected chi connectivity index (χ2v) is 4.11. The van der Waals surface area contributed by atoms with Gasteiger partial charge in [0, 0.05) is 5.02 Å². The van der Waals surface area contributed by atoms with Crippen molar-refractivity contribution in [1.82, 2.24) is 0 Å². The molecule has 72 valence electrons. The number of benzene rings is 1. The first kappa shape index (κ1) is 10.6. The number of aryl methyl sites for hydroxylation is 1. The fraction of sp³-hybridized carbons (Fsp3) is 0.500. The minimum atomic E-state index is 0.826. The van der Waals surface area contributed by atoms with Crippen LogP contribution in [0, 0.1) is 5.92 Å². The zero-order chi connectivity index (χ0) is 9.68. The molecule has 0 radical (unpaired) electrons. The topological polar surface area (TPSA) is 0 Å². The van der Waals surface area contributed by atoms with Gasteiger partial charge in [-0.15, -0.1) is 0 Å². The smallest absolute Gasteiger partial charge is 0.0406 e. The number of halogens is 1.